The van der Waals surface area contributed by atoms with E-state index in [-0.39, 0.29) is 54.8 Å². The maximum Gasteiger partial charge on any atom is 0.220 e. The van der Waals surface area contributed by atoms with E-state index in [9.17, 15) is 14.0 Å². The minimum atomic E-state index is -0.372. The molecule has 2 atom stereocenters. The van der Waals surface area contributed by atoms with Crippen LogP contribution in [0.15, 0.2) is 24.3 Å². The molecular formula is C16H22ClFN2O2. The average Bonchev–Trinajstić information content (AvgIpc) is 2.48. The van der Waals surface area contributed by atoms with Gasteiger partial charge in [-0.3, -0.25) is 9.59 Å². The quantitative estimate of drug-likeness (QED) is 0.816. The zero-order valence-electron chi connectivity index (χ0n) is 12.6. The van der Waals surface area contributed by atoms with E-state index in [1.807, 2.05) is 6.92 Å². The second-order valence-electron chi connectivity index (χ2n) is 5.49. The van der Waals surface area contributed by atoms with E-state index in [0.29, 0.717) is 5.56 Å². The van der Waals surface area contributed by atoms with Crippen LogP contribution in [0.2, 0.25) is 0 Å². The van der Waals surface area contributed by atoms with Gasteiger partial charge in [0.2, 0.25) is 5.91 Å². The lowest BCUT2D eigenvalue weighted by Crippen LogP contribution is -2.51. The maximum atomic E-state index is 12.8. The van der Waals surface area contributed by atoms with Crippen molar-refractivity contribution >= 4 is 24.1 Å². The zero-order valence-corrected chi connectivity index (χ0v) is 13.4. The Balaban J connectivity index is 0.00000242. The molecule has 1 amide bonds. The standard InChI is InChI=1S/C16H21FN2O2.ClH/c1-11-14(3-2-10-18-11)19-16(21)9-8-15(20)12-4-6-13(17)7-5-12;/h4-7,11,14,18H,2-3,8-10H2,1H3,(H,19,21);1H. The topological polar surface area (TPSA) is 58.2 Å². The van der Waals surface area contributed by atoms with Crippen LogP contribution in [0.5, 0.6) is 0 Å². The number of hydrogen-bond acceptors (Lipinski definition) is 3. The summed E-state index contributed by atoms with van der Waals surface area (Å²) in [7, 11) is 0. The van der Waals surface area contributed by atoms with Crippen LogP contribution in [-0.4, -0.2) is 30.3 Å². The molecule has 1 aromatic rings. The van der Waals surface area contributed by atoms with Crippen molar-refractivity contribution < 1.29 is 14.0 Å². The van der Waals surface area contributed by atoms with Gasteiger partial charge >= 0.3 is 0 Å². The molecule has 1 fully saturated rings. The summed E-state index contributed by atoms with van der Waals surface area (Å²) in [6, 6.07) is 5.79. The first-order valence-corrected chi connectivity index (χ1v) is 7.38. The number of piperidine rings is 1. The fourth-order valence-corrected chi connectivity index (χ4v) is 2.53. The van der Waals surface area contributed by atoms with E-state index in [0.717, 1.165) is 19.4 Å². The molecule has 122 valence electrons. The van der Waals surface area contributed by atoms with Crippen LogP contribution >= 0.6 is 12.4 Å². The van der Waals surface area contributed by atoms with Gasteiger partial charge in [0.05, 0.1) is 0 Å². The molecule has 1 heterocycles. The van der Waals surface area contributed by atoms with Gasteiger partial charge in [-0.05, 0) is 50.6 Å². The third-order valence-corrected chi connectivity index (χ3v) is 3.85. The summed E-state index contributed by atoms with van der Waals surface area (Å²) in [6.45, 7) is 3.03. The van der Waals surface area contributed by atoms with Gasteiger partial charge in [0, 0.05) is 30.5 Å². The van der Waals surface area contributed by atoms with Gasteiger partial charge in [-0.1, -0.05) is 0 Å². The highest BCUT2D eigenvalue weighted by molar-refractivity contribution is 5.97. The Bertz CT molecular complexity index is 507. The predicted molar refractivity (Wildman–Crippen MR) is 85.8 cm³/mol. The molecule has 4 nitrogen and oxygen atoms in total. The number of Topliss-reactive ketones (excluding diaryl/α,β-unsaturated/α-hetero) is 1. The molecule has 0 bridgehead atoms. The molecular weight excluding hydrogens is 307 g/mol. The normalized spacial score (nSPS) is 20.8. The lowest BCUT2D eigenvalue weighted by molar-refractivity contribution is -0.122. The van der Waals surface area contributed by atoms with Crippen LogP contribution in [-0.2, 0) is 4.79 Å². The molecule has 22 heavy (non-hydrogen) atoms. The molecule has 1 saturated heterocycles. The number of carbonyl (C=O) groups excluding carboxylic acids is 2. The maximum absolute atomic E-state index is 12.8. The molecule has 0 aliphatic carbocycles. The number of hydrogen-bond donors (Lipinski definition) is 2. The summed E-state index contributed by atoms with van der Waals surface area (Å²) < 4.78 is 12.8. The van der Waals surface area contributed by atoms with E-state index in [1.165, 1.54) is 24.3 Å². The van der Waals surface area contributed by atoms with Crippen LogP contribution in [0, 0.1) is 5.82 Å². The molecule has 1 aromatic carbocycles. The van der Waals surface area contributed by atoms with Crippen molar-refractivity contribution in [3.8, 4) is 0 Å². The van der Waals surface area contributed by atoms with Crippen molar-refractivity contribution in [3.63, 3.8) is 0 Å². The number of halogens is 2. The van der Waals surface area contributed by atoms with Gasteiger partial charge in [-0.15, -0.1) is 12.4 Å². The van der Waals surface area contributed by atoms with E-state index < -0.39 is 0 Å². The number of ketones is 1. The number of carbonyl (C=O) groups is 2. The third-order valence-electron chi connectivity index (χ3n) is 3.85. The Labute approximate surface area is 136 Å². The summed E-state index contributed by atoms with van der Waals surface area (Å²) in [6.07, 6.45) is 2.32. The molecule has 1 aliphatic heterocycles. The Hall–Kier alpha value is -1.46. The molecule has 0 saturated carbocycles. The summed E-state index contributed by atoms with van der Waals surface area (Å²) >= 11 is 0. The van der Waals surface area contributed by atoms with E-state index in [1.54, 1.807) is 0 Å². The number of rotatable bonds is 5. The molecule has 0 aromatic heterocycles. The number of nitrogens with one attached hydrogen (secondary N) is 2. The summed E-state index contributed by atoms with van der Waals surface area (Å²) in [5, 5.41) is 6.29. The number of amides is 1. The second kappa shape index (κ2) is 8.86. The Morgan fingerprint density at radius 3 is 2.59 bits per heavy atom. The average molecular weight is 329 g/mol. The molecule has 0 spiro atoms. The van der Waals surface area contributed by atoms with E-state index in [2.05, 4.69) is 10.6 Å². The van der Waals surface area contributed by atoms with Crippen LogP contribution < -0.4 is 10.6 Å². The molecule has 2 N–H and O–H groups in total. The second-order valence-corrected chi connectivity index (χ2v) is 5.49. The van der Waals surface area contributed by atoms with Crippen LogP contribution in [0.4, 0.5) is 4.39 Å². The smallest absolute Gasteiger partial charge is 0.220 e. The Morgan fingerprint density at radius 2 is 1.95 bits per heavy atom. The SMILES string of the molecule is CC1NCCCC1NC(=O)CCC(=O)c1ccc(F)cc1.Cl. The Morgan fingerprint density at radius 1 is 1.27 bits per heavy atom. The lowest BCUT2D eigenvalue weighted by Gasteiger charge is -2.30. The van der Waals surface area contributed by atoms with Crippen molar-refractivity contribution in [1.82, 2.24) is 10.6 Å². The zero-order chi connectivity index (χ0) is 15.2. The van der Waals surface area contributed by atoms with Gasteiger partial charge in [-0.25, -0.2) is 4.39 Å². The fourth-order valence-electron chi connectivity index (χ4n) is 2.53. The van der Waals surface area contributed by atoms with E-state index in [4.69, 9.17) is 0 Å². The summed E-state index contributed by atoms with van der Waals surface area (Å²) in [5.74, 6) is -0.617. The summed E-state index contributed by atoms with van der Waals surface area (Å²) in [4.78, 5) is 23.8. The highest BCUT2D eigenvalue weighted by atomic mass is 35.5. The number of benzene rings is 1. The monoisotopic (exact) mass is 328 g/mol. The Kier molecular flexibility index (Phi) is 7.48. The fraction of sp³-hybridized carbons (Fsp3) is 0.500. The highest BCUT2D eigenvalue weighted by Gasteiger charge is 2.22. The van der Waals surface area contributed by atoms with Crippen LogP contribution in [0.1, 0.15) is 43.0 Å². The molecule has 6 heteroatoms. The van der Waals surface area contributed by atoms with Crippen LogP contribution in [0.3, 0.4) is 0 Å². The minimum Gasteiger partial charge on any atom is -0.352 e. The molecule has 2 unspecified atom stereocenters. The van der Waals surface area contributed by atoms with Crippen molar-refractivity contribution in [3.05, 3.63) is 35.6 Å². The third kappa shape index (κ3) is 5.39. The van der Waals surface area contributed by atoms with Gasteiger partial charge in [0.15, 0.2) is 5.78 Å². The lowest BCUT2D eigenvalue weighted by atomic mass is 9.99. The predicted octanol–water partition coefficient (Wildman–Crippen LogP) is 2.47. The highest BCUT2D eigenvalue weighted by Crippen LogP contribution is 2.10. The van der Waals surface area contributed by atoms with Gasteiger partial charge in [-0.2, -0.15) is 0 Å². The van der Waals surface area contributed by atoms with Gasteiger partial charge in [0.1, 0.15) is 5.82 Å². The molecule has 2 rings (SSSR count). The van der Waals surface area contributed by atoms with Crippen LogP contribution in [0.25, 0.3) is 0 Å². The molecule has 0 radical (unpaired) electrons. The van der Waals surface area contributed by atoms with Crippen molar-refractivity contribution in [2.24, 2.45) is 0 Å². The van der Waals surface area contributed by atoms with Crippen molar-refractivity contribution in [2.75, 3.05) is 6.54 Å². The van der Waals surface area contributed by atoms with Crippen molar-refractivity contribution in [1.29, 1.82) is 0 Å². The van der Waals surface area contributed by atoms with Gasteiger partial charge in [0.25, 0.3) is 0 Å². The van der Waals surface area contributed by atoms with Crippen molar-refractivity contribution in [2.45, 2.75) is 44.7 Å². The minimum absolute atomic E-state index is 0. The first-order chi connectivity index (χ1) is 10.1. The first-order valence-electron chi connectivity index (χ1n) is 7.38. The molecule has 1 aliphatic rings. The van der Waals surface area contributed by atoms with E-state index >= 15 is 0 Å². The largest absolute Gasteiger partial charge is 0.352 e. The summed E-state index contributed by atoms with van der Waals surface area (Å²) in [5.41, 5.74) is 0.442. The first kappa shape index (κ1) is 18.6. The van der Waals surface area contributed by atoms with Gasteiger partial charge < -0.3 is 10.6 Å².